The van der Waals surface area contributed by atoms with Crippen LogP contribution < -0.4 is 10.6 Å². The van der Waals surface area contributed by atoms with Gasteiger partial charge in [-0.15, -0.1) is 0 Å². The number of hydrogen-bond donors (Lipinski definition) is 2. The fourth-order valence-corrected chi connectivity index (χ4v) is 4.43. The van der Waals surface area contributed by atoms with E-state index in [2.05, 4.69) is 60.6 Å². The molecule has 31 heavy (non-hydrogen) atoms. The summed E-state index contributed by atoms with van der Waals surface area (Å²) < 4.78 is 37.7. The minimum atomic E-state index is -4.17. The molecule has 2 N–H and O–H groups in total. The number of hydrogen-bond acceptors (Lipinski definition) is 3. The summed E-state index contributed by atoms with van der Waals surface area (Å²) in [5.41, 5.74) is 2.62. The van der Waals surface area contributed by atoms with Gasteiger partial charge in [0.05, 0.1) is 6.54 Å². The Morgan fingerprint density at radius 3 is 2.52 bits per heavy atom. The molecule has 8 heteroatoms. The maximum atomic E-state index is 12.6. The summed E-state index contributed by atoms with van der Waals surface area (Å²) in [4.78, 5) is 16.4. The van der Waals surface area contributed by atoms with E-state index in [1.54, 1.807) is 0 Å². The summed E-state index contributed by atoms with van der Waals surface area (Å²) in [6.45, 7) is 9.26. The maximum absolute atomic E-state index is 12.6. The minimum Gasteiger partial charge on any atom is -0.338 e. The largest absolute Gasteiger partial charge is 0.401 e. The van der Waals surface area contributed by atoms with Crippen LogP contribution in [0.25, 0.3) is 0 Å². The van der Waals surface area contributed by atoms with Gasteiger partial charge in [-0.05, 0) is 41.8 Å². The van der Waals surface area contributed by atoms with E-state index < -0.39 is 12.7 Å². The molecule has 1 aromatic carbocycles. The van der Waals surface area contributed by atoms with Gasteiger partial charge in [0.2, 0.25) is 0 Å². The number of alkyl halides is 3. The first-order valence-corrected chi connectivity index (χ1v) is 11.1. The Morgan fingerprint density at radius 2 is 1.84 bits per heavy atom. The smallest absolute Gasteiger partial charge is 0.338 e. The number of fused-ring (bicyclic) bond motifs is 1. The number of nitrogens with zero attached hydrogens (tertiary/aromatic N) is 2. The Bertz CT molecular complexity index is 747. The monoisotopic (exact) mass is 440 g/mol. The number of nitrogens with one attached hydrogen (secondary N) is 2. The number of rotatable bonds is 6. The van der Waals surface area contributed by atoms with E-state index >= 15 is 0 Å². The maximum Gasteiger partial charge on any atom is 0.401 e. The molecular formula is C23H35F3N4O. The zero-order valence-electron chi connectivity index (χ0n) is 18.8. The first-order valence-electron chi connectivity index (χ1n) is 11.1. The number of amides is 2. The van der Waals surface area contributed by atoms with Crippen molar-refractivity contribution in [1.82, 2.24) is 20.4 Å². The highest BCUT2D eigenvalue weighted by Crippen LogP contribution is 2.25. The molecule has 1 aromatic rings. The van der Waals surface area contributed by atoms with Crippen LogP contribution in [0.15, 0.2) is 24.3 Å². The first kappa shape index (κ1) is 23.9. The molecule has 2 aliphatic rings. The van der Waals surface area contributed by atoms with Crippen molar-refractivity contribution in [3.8, 4) is 0 Å². The zero-order chi connectivity index (χ0) is 22.6. The summed E-state index contributed by atoms with van der Waals surface area (Å²) in [5.74, 6) is 0.0554. The highest BCUT2D eigenvalue weighted by Gasteiger charge is 2.34. The highest BCUT2D eigenvalue weighted by molar-refractivity contribution is 5.74. The van der Waals surface area contributed by atoms with E-state index in [4.69, 9.17) is 0 Å². The van der Waals surface area contributed by atoms with Crippen molar-refractivity contribution >= 4 is 6.03 Å². The summed E-state index contributed by atoms with van der Waals surface area (Å²) in [6, 6.07) is 8.20. The molecule has 0 bridgehead atoms. The Morgan fingerprint density at radius 1 is 1.13 bits per heavy atom. The van der Waals surface area contributed by atoms with Gasteiger partial charge in [-0.3, -0.25) is 9.80 Å². The van der Waals surface area contributed by atoms with Crippen molar-refractivity contribution < 1.29 is 18.0 Å². The quantitative estimate of drug-likeness (QED) is 0.710. The summed E-state index contributed by atoms with van der Waals surface area (Å²) in [7, 11) is 0. The fourth-order valence-electron chi connectivity index (χ4n) is 4.43. The second kappa shape index (κ2) is 9.77. The molecule has 174 valence electrons. The van der Waals surface area contributed by atoms with Crippen molar-refractivity contribution in [1.29, 1.82) is 0 Å². The molecule has 2 atom stereocenters. The lowest BCUT2D eigenvalue weighted by atomic mass is 9.86. The molecule has 1 fully saturated rings. The molecule has 0 spiro atoms. The Labute approximate surface area is 183 Å². The van der Waals surface area contributed by atoms with Crippen LogP contribution in [0.3, 0.4) is 0 Å². The molecule has 0 radical (unpaired) electrons. The van der Waals surface area contributed by atoms with Crippen LogP contribution in [-0.2, 0) is 13.0 Å². The van der Waals surface area contributed by atoms with E-state index in [-0.39, 0.29) is 23.4 Å². The van der Waals surface area contributed by atoms with Crippen molar-refractivity contribution in [3.05, 3.63) is 35.4 Å². The van der Waals surface area contributed by atoms with E-state index in [9.17, 15) is 18.0 Å². The van der Waals surface area contributed by atoms with Gasteiger partial charge in [0.1, 0.15) is 0 Å². The molecule has 0 aliphatic carbocycles. The van der Waals surface area contributed by atoms with Gasteiger partial charge < -0.3 is 10.6 Å². The van der Waals surface area contributed by atoms with E-state index in [0.29, 0.717) is 26.1 Å². The number of likely N-dealkylation sites (tertiary alicyclic amines) is 1. The molecule has 1 saturated heterocycles. The van der Waals surface area contributed by atoms with Gasteiger partial charge in [0.25, 0.3) is 0 Å². The number of urea groups is 1. The average molecular weight is 441 g/mol. The topological polar surface area (TPSA) is 47.6 Å². The summed E-state index contributed by atoms with van der Waals surface area (Å²) in [6.07, 6.45) is -2.49. The van der Waals surface area contributed by atoms with Crippen LogP contribution in [0.4, 0.5) is 18.0 Å². The van der Waals surface area contributed by atoms with Crippen LogP contribution >= 0.6 is 0 Å². The molecule has 2 aliphatic heterocycles. The second-order valence-corrected chi connectivity index (χ2v) is 10.0. The molecule has 0 saturated carbocycles. The van der Waals surface area contributed by atoms with Crippen LogP contribution in [-0.4, -0.2) is 67.3 Å². The number of carbonyl (C=O) groups excluding carboxylic acids is 1. The van der Waals surface area contributed by atoms with Gasteiger partial charge in [-0.1, -0.05) is 45.0 Å². The number of benzene rings is 1. The van der Waals surface area contributed by atoms with Gasteiger partial charge in [0, 0.05) is 38.8 Å². The van der Waals surface area contributed by atoms with Crippen LogP contribution in [0.1, 0.15) is 38.3 Å². The van der Waals surface area contributed by atoms with Crippen molar-refractivity contribution in [2.24, 2.45) is 11.3 Å². The van der Waals surface area contributed by atoms with Gasteiger partial charge in [-0.25, -0.2) is 4.79 Å². The lowest BCUT2D eigenvalue weighted by molar-refractivity contribution is -0.143. The first-order chi connectivity index (χ1) is 14.5. The summed E-state index contributed by atoms with van der Waals surface area (Å²) >= 11 is 0. The molecule has 2 heterocycles. The molecule has 2 amide bonds. The average Bonchev–Trinajstić information content (AvgIpc) is 3.10. The zero-order valence-corrected chi connectivity index (χ0v) is 18.8. The van der Waals surface area contributed by atoms with Crippen molar-refractivity contribution in [2.45, 2.75) is 52.4 Å². The van der Waals surface area contributed by atoms with Gasteiger partial charge in [0.15, 0.2) is 0 Å². The van der Waals surface area contributed by atoms with Crippen LogP contribution in [0.5, 0.6) is 0 Å². The second-order valence-electron chi connectivity index (χ2n) is 10.0. The third-order valence-corrected chi connectivity index (χ3v) is 6.33. The fraction of sp³-hybridized carbons (Fsp3) is 0.696. The minimum absolute atomic E-state index is 0.0388. The predicted molar refractivity (Wildman–Crippen MR) is 116 cm³/mol. The number of halogens is 3. The van der Waals surface area contributed by atoms with Crippen LogP contribution in [0, 0.1) is 11.3 Å². The van der Waals surface area contributed by atoms with Crippen molar-refractivity contribution in [2.75, 3.05) is 39.3 Å². The van der Waals surface area contributed by atoms with E-state index in [1.807, 2.05) is 0 Å². The SMILES string of the molecule is CC(C)(C)[C@H](CN1CCc2ccccc2C1)NC(=O)NC[C@@H]1CCN(CC(F)(F)F)C1. The van der Waals surface area contributed by atoms with Crippen LogP contribution in [0.2, 0.25) is 0 Å². The van der Waals surface area contributed by atoms with E-state index in [1.165, 1.54) is 16.0 Å². The van der Waals surface area contributed by atoms with Gasteiger partial charge in [-0.2, -0.15) is 13.2 Å². The van der Waals surface area contributed by atoms with Crippen molar-refractivity contribution in [3.63, 3.8) is 0 Å². The molecule has 0 unspecified atom stereocenters. The lowest BCUT2D eigenvalue weighted by Gasteiger charge is -2.38. The third-order valence-electron chi connectivity index (χ3n) is 6.33. The standard InChI is InChI=1S/C23H35F3N4O/c1-22(2,3)20(15-29-11-9-18-6-4-5-7-19(18)14-29)28-21(31)27-12-17-8-10-30(13-17)16-23(24,25)26/h4-7,17,20H,8-16H2,1-3H3,(H2,27,28,31)/t17-,20-/m0/s1. The summed E-state index contributed by atoms with van der Waals surface area (Å²) in [5, 5.41) is 6.00. The highest BCUT2D eigenvalue weighted by atomic mass is 19.4. The third kappa shape index (κ3) is 7.38. The molecular weight excluding hydrogens is 405 g/mol. The van der Waals surface area contributed by atoms with Gasteiger partial charge >= 0.3 is 12.2 Å². The Hall–Kier alpha value is -1.80. The molecule has 0 aromatic heterocycles. The molecule has 3 rings (SSSR count). The molecule has 5 nitrogen and oxygen atoms in total. The lowest BCUT2D eigenvalue weighted by Crippen LogP contribution is -2.54. The number of carbonyl (C=O) groups is 1. The predicted octanol–water partition coefficient (Wildman–Crippen LogP) is 3.64. The van der Waals surface area contributed by atoms with E-state index in [0.717, 1.165) is 26.1 Å². The Balaban J connectivity index is 1.47. The normalized spacial score (nSPS) is 21.5. The Kier molecular flexibility index (Phi) is 7.52.